The van der Waals surface area contributed by atoms with Crippen molar-refractivity contribution < 1.29 is 9.84 Å². The molecule has 0 amide bonds. The van der Waals surface area contributed by atoms with E-state index in [1.807, 2.05) is 0 Å². The van der Waals surface area contributed by atoms with Gasteiger partial charge in [-0.05, 0) is 112 Å². The number of ether oxygens (including phenoxy) is 1. The smallest absolute Gasteiger partial charge is 0.0933 e. The minimum absolute atomic E-state index is 0.0766. The van der Waals surface area contributed by atoms with Gasteiger partial charge in [0.1, 0.15) is 0 Å². The molecule has 2 nitrogen and oxygen atoms in total. The van der Waals surface area contributed by atoms with Gasteiger partial charge in [0.05, 0.1) is 17.6 Å². The standard InChI is InChI=1S/C27H46O.C6H10O/c1-18(2)7-6-8-19(3)23-11-12-24-22-10-9-20-17-21(28)13-15-26(20,4)25(22)14-16-27(23,24)5;1-5(2)7-6(3)4/h9,18-19,21-25,28H,6-8,10-17H2,1-5H3;1,3H2,2,4H3/t19?,21-,22-,23+,24-,25-,26-,27+;/m0./s1. The second-order valence-electron chi connectivity index (χ2n) is 13.7. The minimum Gasteiger partial charge on any atom is -0.468 e. The normalized spacial score (nSPS) is 38.8. The summed E-state index contributed by atoms with van der Waals surface area (Å²) >= 11 is 0. The maximum absolute atomic E-state index is 10.2. The molecule has 35 heavy (non-hydrogen) atoms. The Bertz CT molecular complexity index is 766. The van der Waals surface area contributed by atoms with Gasteiger partial charge in [0.15, 0.2) is 0 Å². The first-order chi connectivity index (χ1) is 16.4. The summed E-state index contributed by atoms with van der Waals surface area (Å²) in [6, 6.07) is 0. The molecule has 200 valence electrons. The van der Waals surface area contributed by atoms with E-state index in [4.69, 9.17) is 4.74 Å². The van der Waals surface area contributed by atoms with E-state index in [2.05, 4.69) is 53.9 Å². The SMILES string of the molecule is C=C(C)OC(=C)C.CC(C)CCCC(C)[C@H]1CC[C@H]2[C@@H]3CC=C4C[C@@H](O)CC[C@]4(C)[C@H]3CC[C@]12C. The van der Waals surface area contributed by atoms with Crippen LogP contribution in [0.2, 0.25) is 0 Å². The van der Waals surface area contributed by atoms with E-state index in [0.29, 0.717) is 22.3 Å². The van der Waals surface area contributed by atoms with Crippen molar-refractivity contribution in [2.24, 2.45) is 46.3 Å². The fourth-order valence-electron chi connectivity index (χ4n) is 8.96. The Morgan fingerprint density at radius 1 is 1.00 bits per heavy atom. The highest BCUT2D eigenvalue weighted by Crippen LogP contribution is 2.67. The molecular weight excluding hydrogens is 428 g/mol. The van der Waals surface area contributed by atoms with Gasteiger partial charge in [-0.15, -0.1) is 0 Å². The van der Waals surface area contributed by atoms with Gasteiger partial charge in [-0.2, -0.15) is 0 Å². The Morgan fingerprint density at radius 2 is 1.69 bits per heavy atom. The summed E-state index contributed by atoms with van der Waals surface area (Å²) in [7, 11) is 0. The fraction of sp³-hybridized carbons (Fsp3) is 0.818. The Balaban J connectivity index is 0.000000429. The summed E-state index contributed by atoms with van der Waals surface area (Å²) in [6.45, 7) is 23.2. The van der Waals surface area contributed by atoms with Crippen LogP contribution in [0.25, 0.3) is 0 Å². The zero-order valence-electron chi connectivity index (χ0n) is 24.2. The van der Waals surface area contributed by atoms with Crippen LogP contribution in [0.3, 0.4) is 0 Å². The number of aliphatic hydroxyl groups is 1. The summed E-state index contributed by atoms with van der Waals surface area (Å²) in [5.74, 6) is 6.83. The van der Waals surface area contributed by atoms with E-state index in [9.17, 15) is 5.11 Å². The molecule has 4 aliphatic carbocycles. The minimum atomic E-state index is -0.0766. The Hall–Kier alpha value is -1.02. The van der Waals surface area contributed by atoms with Gasteiger partial charge in [0, 0.05) is 0 Å². The fourth-order valence-corrected chi connectivity index (χ4v) is 8.96. The van der Waals surface area contributed by atoms with Crippen LogP contribution in [0.5, 0.6) is 0 Å². The van der Waals surface area contributed by atoms with E-state index in [-0.39, 0.29) is 6.10 Å². The van der Waals surface area contributed by atoms with Gasteiger partial charge in [-0.3, -0.25) is 0 Å². The van der Waals surface area contributed by atoms with Crippen LogP contribution >= 0.6 is 0 Å². The van der Waals surface area contributed by atoms with Crippen molar-refractivity contribution in [1.29, 1.82) is 0 Å². The number of aliphatic hydroxyl groups excluding tert-OH is 1. The van der Waals surface area contributed by atoms with Crippen LogP contribution in [0.1, 0.15) is 119 Å². The molecule has 3 saturated carbocycles. The average Bonchev–Trinajstić information content (AvgIpc) is 3.10. The molecule has 8 atom stereocenters. The lowest BCUT2D eigenvalue weighted by Gasteiger charge is -2.58. The molecule has 0 radical (unpaired) electrons. The van der Waals surface area contributed by atoms with E-state index in [1.165, 1.54) is 57.8 Å². The molecule has 4 rings (SSSR count). The van der Waals surface area contributed by atoms with Crippen molar-refractivity contribution in [3.8, 4) is 0 Å². The first-order valence-corrected chi connectivity index (χ1v) is 14.7. The predicted octanol–water partition coefficient (Wildman–Crippen LogP) is 9.46. The quantitative estimate of drug-likeness (QED) is 0.288. The molecular formula is C33H56O2. The molecule has 0 aromatic carbocycles. The first kappa shape index (κ1) is 28.5. The lowest BCUT2D eigenvalue weighted by Crippen LogP contribution is -2.50. The van der Waals surface area contributed by atoms with Crippen LogP contribution in [-0.2, 0) is 4.74 Å². The van der Waals surface area contributed by atoms with Crippen LogP contribution in [0, 0.1) is 46.3 Å². The first-order valence-electron chi connectivity index (χ1n) is 14.7. The third kappa shape index (κ3) is 6.28. The molecule has 4 aliphatic rings. The molecule has 1 unspecified atom stereocenters. The Labute approximate surface area is 217 Å². The second-order valence-corrected chi connectivity index (χ2v) is 13.7. The highest BCUT2D eigenvalue weighted by atomic mass is 16.5. The molecule has 0 aromatic heterocycles. The number of fused-ring (bicyclic) bond motifs is 5. The van der Waals surface area contributed by atoms with Crippen LogP contribution in [0.15, 0.2) is 36.3 Å². The topological polar surface area (TPSA) is 29.5 Å². The average molecular weight is 485 g/mol. The second kappa shape index (κ2) is 11.6. The Morgan fingerprint density at radius 3 is 2.29 bits per heavy atom. The number of hydrogen-bond donors (Lipinski definition) is 1. The molecule has 0 spiro atoms. The highest BCUT2D eigenvalue weighted by molar-refractivity contribution is 5.25. The molecule has 0 saturated heterocycles. The van der Waals surface area contributed by atoms with Gasteiger partial charge in [-0.1, -0.05) is 78.7 Å². The molecule has 0 heterocycles. The van der Waals surface area contributed by atoms with Crippen LogP contribution in [-0.4, -0.2) is 11.2 Å². The number of allylic oxidation sites excluding steroid dienone is 3. The van der Waals surface area contributed by atoms with E-state index in [1.54, 1.807) is 19.4 Å². The molecule has 3 fully saturated rings. The predicted molar refractivity (Wildman–Crippen MR) is 150 cm³/mol. The maximum atomic E-state index is 10.2. The van der Waals surface area contributed by atoms with E-state index in [0.717, 1.165) is 48.3 Å². The molecule has 1 N–H and O–H groups in total. The molecule has 0 aliphatic heterocycles. The van der Waals surface area contributed by atoms with Gasteiger partial charge < -0.3 is 9.84 Å². The van der Waals surface area contributed by atoms with Crippen molar-refractivity contribution >= 4 is 0 Å². The van der Waals surface area contributed by atoms with Crippen molar-refractivity contribution in [2.45, 2.75) is 125 Å². The van der Waals surface area contributed by atoms with Crippen molar-refractivity contribution in [3.63, 3.8) is 0 Å². The zero-order chi connectivity index (χ0) is 26.0. The lowest BCUT2D eigenvalue weighted by atomic mass is 9.47. The van der Waals surface area contributed by atoms with Gasteiger partial charge in [0.25, 0.3) is 0 Å². The van der Waals surface area contributed by atoms with Crippen molar-refractivity contribution in [3.05, 3.63) is 36.3 Å². The lowest BCUT2D eigenvalue weighted by molar-refractivity contribution is -0.0573. The van der Waals surface area contributed by atoms with Crippen molar-refractivity contribution in [2.75, 3.05) is 0 Å². The number of rotatable bonds is 7. The largest absolute Gasteiger partial charge is 0.468 e. The summed E-state index contributed by atoms with van der Waals surface area (Å²) in [6.07, 6.45) is 17.2. The number of hydrogen-bond acceptors (Lipinski definition) is 2. The summed E-state index contributed by atoms with van der Waals surface area (Å²) < 4.78 is 4.86. The molecule has 0 bridgehead atoms. The third-order valence-corrected chi connectivity index (χ3v) is 10.6. The van der Waals surface area contributed by atoms with Crippen LogP contribution < -0.4 is 0 Å². The van der Waals surface area contributed by atoms with Gasteiger partial charge in [0.2, 0.25) is 0 Å². The van der Waals surface area contributed by atoms with Crippen LogP contribution in [0.4, 0.5) is 0 Å². The highest BCUT2D eigenvalue weighted by Gasteiger charge is 2.59. The van der Waals surface area contributed by atoms with E-state index >= 15 is 0 Å². The van der Waals surface area contributed by atoms with E-state index < -0.39 is 0 Å². The monoisotopic (exact) mass is 484 g/mol. The summed E-state index contributed by atoms with van der Waals surface area (Å²) in [4.78, 5) is 0. The Kier molecular flexibility index (Phi) is 9.44. The van der Waals surface area contributed by atoms with Crippen molar-refractivity contribution in [1.82, 2.24) is 0 Å². The maximum Gasteiger partial charge on any atom is 0.0933 e. The van der Waals surface area contributed by atoms with Gasteiger partial charge >= 0.3 is 0 Å². The third-order valence-electron chi connectivity index (χ3n) is 10.6. The summed E-state index contributed by atoms with van der Waals surface area (Å²) in [5, 5.41) is 10.2. The molecule has 2 heteroatoms. The zero-order valence-corrected chi connectivity index (χ0v) is 24.2. The molecule has 0 aromatic rings. The van der Waals surface area contributed by atoms with Gasteiger partial charge in [-0.25, -0.2) is 0 Å². The summed E-state index contributed by atoms with van der Waals surface area (Å²) in [5.41, 5.74) is 2.60.